The smallest absolute Gasteiger partial charge is 0.164 e. The first-order valence-corrected chi connectivity index (χ1v) is 18.5. The maximum absolute atomic E-state index is 5.14. The molecule has 1 aliphatic rings. The molecule has 0 amide bonds. The van der Waals surface area contributed by atoms with E-state index in [1.165, 1.54) is 33.1 Å². The average molecular weight is 698 g/mol. The molecule has 0 fully saturated rings. The van der Waals surface area contributed by atoms with Crippen LogP contribution < -0.4 is 0 Å². The number of aromatic nitrogens is 5. The number of para-hydroxylation sites is 1. The fourth-order valence-corrected chi connectivity index (χ4v) is 8.07. The zero-order valence-electron chi connectivity index (χ0n) is 28.6. The minimum Gasteiger partial charge on any atom is -0.310 e. The largest absolute Gasteiger partial charge is 0.310 e. The van der Waals surface area contributed by atoms with Crippen molar-refractivity contribution in [3.8, 4) is 55.9 Å². The van der Waals surface area contributed by atoms with Gasteiger partial charge in [-0.15, -0.1) is 11.3 Å². The molecular formula is C47H31N5S. The average Bonchev–Trinajstić information content (AvgIpc) is 3.69. The van der Waals surface area contributed by atoms with Crippen LogP contribution in [-0.2, 0) is 0 Å². The van der Waals surface area contributed by atoms with E-state index in [4.69, 9.17) is 19.9 Å². The summed E-state index contributed by atoms with van der Waals surface area (Å²) in [5.74, 6) is 1.91. The molecule has 9 aromatic rings. The highest BCUT2D eigenvalue weighted by molar-refractivity contribution is 7.21. The Hall–Kier alpha value is -6.76. The highest BCUT2D eigenvalue weighted by Gasteiger charge is 2.16. The van der Waals surface area contributed by atoms with Crippen LogP contribution in [0, 0.1) is 0 Å². The Balaban J connectivity index is 1.02. The molecule has 0 unspecified atom stereocenters. The van der Waals surface area contributed by atoms with Gasteiger partial charge in [-0.05, 0) is 66.1 Å². The number of benzene rings is 6. The van der Waals surface area contributed by atoms with Crippen LogP contribution in [0.25, 0.3) is 93.6 Å². The summed E-state index contributed by atoms with van der Waals surface area (Å²) in [6.07, 6.45) is 11.8. The van der Waals surface area contributed by atoms with Crippen LogP contribution >= 0.6 is 11.3 Å². The Bertz CT molecular complexity index is 2860. The molecule has 0 aliphatic heterocycles. The van der Waals surface area contributed by atoms with Crippen molar-refractivity contribution in [1.29, 1.82) is 0 Å². The molecule has 6 heteroatoms. The lowest BCUT2D eigenvalue weighted by Gasteiger charge is -2.09. The van der Waals surface area contributed by atoms with Crippen LogP contribution in [0.15, 0.2) is 176 Å². The van der Waals surface area contributed by atoms with Gasteiger partial charge in [0.25, 0.3) is 0 Å². The summed E-state index contributed by atoms with van der Waals surface area (Å²) >= 11 is 1.70. The first kappa shape index (κ1) is 31.0. The van der Waals surface area contributed by atoms with Gasteiger partial charge in [0.05, 0.1) is 21.3 Å². The molecular weight excluding hydrogens is 667 g/mol. The molecule has 0 bridgehead atoms. The van der Waals surface area contributed by atoms with Gasteiger partial charge in [-0.25, -0.2) is 19.9 Å². The first-order chi connectivity index (χ1) is 26.2. The van der Waals surface area contributed by atoms with Gasteiger partial charge in [-0.3, -0.25) is 0 Å². The van der Waals surface area contributed by atoms with Crippen LogP contribution in [0.3, 0.4) is 0 Å². The van der Waals surface area contributed by atoms with E-state index >= 15 is 0 Å². The first-order valence-electron chi connectivity index (χ1n) is 17.7. The van der Waals surface area contributed by atoms with E-state index in [-0.39, 0.29) is 0 Å². The fraction of sp³-hybridized carbons (Fsp3) is 0.0213. The third-order valence-electron chi connectivity index (χ3n) is 9.70. The predicted molar refractivity (Wildman–Crippen MR) is 220 cm³/mol. The van der Waals surface area contributed by atoms with Crippen molar-refractivity contribution in [1.82, 2.24) is 24.5 Å². The molecule has 0 saturated heterocycles. The van der Waals surface area contributed by atoms with E-state index in [0.717, 1.165) is 49.5 Å². The Labute approximate surface area is 310 Å². The fourth-order valence-electron chi connectivity index (χ4n) is 7.12. The molecule has 1 aliphatic carbocycles. The maximum atomic E-state index is 5.14. The zero-order valence-corrected chi connectivity index (χ0v) is 29.4. The molecule has 3 heterocycles. The second kappa shape index (κ2) is 13.1. The monoisotopic (exact) mass is 697 g/mol. The Morgan fingerprint density at radius 1 is 0.472 bits per heavy atom. The van der Waals surface area contributed by atoms with Crippen LogP contribution in [0.2, 0.25) is 0 Å². The molecule has 53 heavy (non-hydrogen) atoms. The number of hydrogen-bond acceptors (Lipinski definition) is 5. The number of thiazole rings is 1. The Morgan fingerprint density at radius 3 is 1.91 bits per heavy atom. The van der Waals surface area contributed by atoms with Gasteiger partial charge in [-0.2, -0.15) is 0 Å². The van der Waals surface area contributed by atoms with Crippen molar-refractivity contribution in [2.24, 2.45) is 0 Å². The Kier molecular flexibility index (Phi) is 7.66. The van der Waals surface area contributed by atoms with Crippen LogP contribution in [0.5, 0.6) is 0 Å². The van der Waals surface area contributed by atoms with Gasteiger partial charge < -0.3 is 4.57 Å². The summed E-state index contributed by atoms with van der Waals surface area (Å²) in [6.45, 7) is 0. The zero-order chi connectivity index (χ0) is 35.1. The lowest BCUT2D eigenvalue weighted by Crippen LogP contribution is -2.00. The van der Waals surface area contributed by atoms with Crippen molar-refractivity contribution < 1.29 is 0 Å². The molecule has 0 saturated carbocycles. The van der Waals surface area contributed by atoms with Gasteiger partial charge >= 0.3 is 0 Å². The predicted octanol–water partition coefficient (Wildman–Crippen LogP) is 12.3. The standard InChI is InChI=1S/C47H31N5S/c1-2-10-21-37(20-9-1)52-41-23-12-11-22-38(41)39-29-34(24-26-42(39)52)33-18-13-19-36(28-33)47-48-40-30-35(25-27-43(40)53-47)46-50-44(31-14-5-3-6-15-31)49-45(51-46)32-16-7-4-8-17-32/h1-9,11-30H,10H2. The number of fused-ring (bicyclic) bond motifs is 4. The second-order valence-corrected chi connectivity index (χ2v) is 14.1. The molecule has 0 N–H and O–H groups in total. The van der Waals surface area contributed by atoms with Gasteiger partial charge in [0.2, 0.25) is 0 Å². The topological polar surface area (TPSA) is 56.5 Å². The lowest BCUT2D eigenvalue weighted by molar-refractivity contribution is 1.07. The third-order valence-corrected chi connectivity index (χ3v) is 10.8. The number of allylic oxidation sites excluding steroid dienone is 6. The summed E-state index contributed by atoms with van der Waals surface area (Å²) in [5.41, 5.74) is 10.7. The van der Waals surface area contributed by atoms with Crippen LogP contribution in [-0.4, -0.2) is 24.5 Å². The summed E-state index contributed by atoms with van der Waals surface area (Å²) in [6, 6.07) is 50.7. The summed E-state index contributed by atoms with van der Waals surface area (Å²) in [4.78, 5) is 19.9. The van der Waals surface area contributed by atoms with Gasteiger partial charge in [-0.1, -0.05) is 127 Å². The molecule has 5 nitrogen and oxygen atoms in total. The van der Waals surface area contributed by atoms with Crippen molar-refractivity contribution in [3.63, 3.8) is 0 Å². The van der Waals surface area contributed by atoms with Crippen molar-refractivity contribution in [3.05, 3.63) is 176 Å². The summed E-state index contributed by atoms with van der Waals surface area (Å²) in [7, 11) is 0. The number of hydrogen-bond donors (Lipinski definition) is 0. The van der Waals surface area contributed by atoms with E-state index in [2.05, 4.69) is 120 Å². The molecule has 6 aromatic carbocycles. The minimum atomic E-state index is 0.621. The molecule has 10 rings (SSSR count). The normalized spacial score (nSPS) is 12.8. The lowest BCUT2D eigenvalue weighted by atomic mass is 10.0. The van der Waals surface area contributed by atoms with E-state index in [9.17, 15) is 0 Å². The van der Waals surface area contributed by atoms with Crippen molar-refractivity contribution >= 4 is 49.1 Å². The number of nitrogens with zero attached hydrogens (tertiary/aromatic N) is 5. The third kappa shape index (κ3) is 5.75. The molecule has 0 radical (unpaired) electrons. The number of rotatable bonds is 6. The van der Waals surface area contributed by atoms with Crippen LogP contribution in [0.4, 0.5) is 0 Å². The molecule has 0 atom stereocenters. The SMILES string of the molecule is C1=CCC=C(n2c3ccccc3c3cc(-c4cccc(-c5nc6cc(-c7nc(-c8ccccc8)nc(-c8ccccc8)n7)ccc6s5)c4)ccc32)C=C1. The van der Waals surface area contributed by atoms with E-state index < -0.39 is 0 Å². The van der Waals surface area contributed by atoms with E-state index in [1.54, 1.807) is 11.3 Å². The molecule has 250 valence electrons. The van der Waals surface area contributed by atoms with Gasteiger partial charge in [0, 0.05) is 38.7 Å². The summed E-state index contributed by atoms with van der Waals surface area (Å²) < 4.78 is 3.49. The molecule has 3 aromatic heterocycles. The highest BCUT2D eigenvalue weighted by Crippen LogP contribution is 2.38. The van der Waals surface area contributed by atoms with Crippen molar-refractivity contribution in [2.75, 3.05) is 0 Å². The van der Waals surface area contributed by atoms with E-state index in [1.807, 2.05) is 60.7 Å². The van der Waals surface area contributed by atoms with Gasteiger partial charge in [0.1, 0.15) is 5.01 Å². The van der Waals surface area contributed by atoms with Gasteiger partial charge in [0.15, 0.2) is 17.5 Å². The second-order valence-electron chi connectivity index (χ2n) is 13.1. The van der Waals surface area contributed by atoms with Crippen LogP contribution in [0.1, 0.15) is 6.42 Å². The Morgan fingerprint density at radius 2 is 1.11 bits per heavy atom. The maximum Gasteiger partial charge on any atom is 0.164 e. The summed E-state index contributed by atoms with van der Waals surface area (Å²) in [5, 5.41) is 3.47. The molecule has 0 spiro atoms. The minimum absolute atomic E-state index is 0.621. The van der Waals surface area contributed by atoms with E-state index in [0.29, 0.717) is 17.5 Å². The quantitative estimate of drug-likeness (QED) is 0.174. The van der Waals surface area contributed by atoms with Crippen molar-refractivity contribution in [2.45, 2.75) is 6.42 Å². The highest BCUT2D eigenvalue weighted by atomic mass is 32.1.